The SMILES string of the molecule is C=C/C(=C\C=C(/C)N(c1ccc(-c2ccc3ccccc3c2)cc1)c1ccc(-c2cccc3c2oc2c(C(C)(C)C)cccc23)cc1)c1cccc2ccccc12. The molecule has 1 heterocycles. The lowest BCUT2D eigenvalue weighted by Crippen LogP contribution is -2.14. The summed E-state index contributed by atoms with van der Waals surface area (Å²) < 4.78 is 6.75. The molecule has 8 aromatic carbocycles. The maximum absolute atomic E-state index is 6.75. The van der Waals surface area contributed by atoms with Gasteiger partial charge >= 0.3 is 0 Å². The number of nitrogens with zero attached hydrogens (tertiary/aromatic N) is 1. The molecule has 0 saturated carbocycles. The first kappa shape index (κ1) is 35.8. The van der Waals surface area contributed by atoms with Crippen molar-refractivity contribution in [3.05, 3.63) is 211 Å². The van der Waals surface area contributed by atoms with Crippen molar-refractivity contribution in [1.29, 1.82) is 0 Å². The fourth-order valence-electron chi connectivity index (χ4n) is 8.19. The Balaban J connectivity index is 1.12. The van der Waals surface area contributed by atoms with Crippen molar-refractivity contribution in [2.45, 2.75) is 33.1 Å². The molecule has 0 radical (unpaired) electrons. The molecule has 0 bridgehead atoms. The molecular formula is C55H45NO. The normalized spacial score (nSPS) is 12.5. The quantitative estimate of drug-likeness (QED) is 0.145. The van der Waals surface area contributed by atoms with Crippen molar-refractivity contribution < 1.29 is 4.42 Å². The number of rotatable bonds is 8. The molecule has 9 rings (SSSR count). The molecule has 0 aliphatic heterocycles. The third-order valence-corrected chi connectivity index (χ3v) is 11.2. The highest BCUT2D eigenvalue weighted by molar-refractivity contribution is 6.10. The molecular weight excluding hydrogens is 691 g/mol. The van der Waals surface area contributed by atoms with Crippen molar-refractivity contribution in [3.8, 4) is 22.3 Å². The van der Waals surface area contributed by atoms with Gasteiger partial charge in [-0.05, 0) is 98.1 Å². The van der Waals surface area contributed by atoms with Gasteiger partial charge in [0, 0.05) is 39.0 Å². The molecule has 0 aliphatic carbocycles. The Morgan fingerprint density at radius 1 is 0.526 bits per heavy atom. The smallest absolute Gasteiger partial charge is 0.143 e. The predicted octanol–water partition coefficient (Wildman–Crippen LogP) is 15.8. The number of allylic oxidation sites excluding steroid dienone is 5. The van der Waals surface area contributed by atoms with Crippen LogP contribution in [0.1, 0.15) is 38.8 Å². The van der Waals surface area contributed by atoms with E-state index in [2.05, 4.69) is 221 Å². The standard InChI is InChI=1S/C55H45NO/c1-6-38(47-19-11-17-41-15-9-10-18-48(41)47)25-24-37(2)56(45-32-28-40(29-33-45)44-27-26-39-14-7-8-16-43(39)36-44)46-34-30-42(31-35-46)49-20-12-21-50-51-22-13-23-52(55(3,4)5)54(51)57-53(49)50/h6-36H,1H2,2-5H3/b37-24+,38-25+. The molecule has 0 fully saturated rings. The first-order valence-electron chi connectivity index (χ1n) is 19.7. The van der Waals surface area contributed by atoms with Gasteiger partial charge in [-0.1, -0.05) is 179 Å². The van der Waals surface area contributed by atoms with Gasteiger partial charge in [-0.2, -0.15) is 0 Å². The summed E-state index contributed by atoms with van der Waals surface area (Å²) in [5.41, 5.74) is 13.1. The van der Waals surface area contributed by atoms with Crippen molar-refractivity contribution >= 4 is 60.4 Å². The van der Waals surface area contributed by atoms with Gasteiger partial charge in [-0.15, -0.1) is 0 Å². The molecule has 0 amide bonds. The number of anilines is 2. The summed E-state index contributed by atoms with van der Waals surface area (Å²) in [6.07, 6.45) is 6.33. The van der Waals surface area contributed by atoms with Crippen LogP contribution in [0.25, 0.3) is 71.3 Å². The summed E-state index contributed by atoms with van der Waals surface area (Å²) in [6, 6.07) is 60.9. The summed E-state index contributed by atoms with van der Waals surface area (Å²) in [4.78, 5) is 2.33. The average molecular weight is 736 g/mol. The first-order chi connectivity index (χ1) is 27.8. The molecule has 276 valence electrons. The Hall–Kier alpha value is -6.90. The lowest BCUT2D eigenvalue weighted by Gasteiger charge is -2.26. The number of furan rings is 1. The highest BCUT2D eigenvalue weighted by Crippen LogP contribution is 2.41. The molecule has 9 aromatic rings. The van der Waals surface area contributed by atoms with Crippen LogP contribution in [0.5, 0.6) is 0 Å². The largest absolute Gasteiger partial charge is 0.455 e. The van der Waals surface area contributed by atoms with Gasteiger partial charge in [0.05, 0.1) is 0 Å². The van der Waals surface area contributed by atoms with Crippen molar-refractivity contribution in [2.24, 2.45) is 0 Å². The van der Waals surface area contributed by atoms with E-state index < -0.39 is 0 Å². The van der Waals surface area contributed by atoms with Crippen LogP contribution in [-0.2, 0) is 5.41 Å². The summed E-state index contributed by atoms with van der Waals surface area (Å²) >= 11 is 0. The maximum Gasteiger partial charge on any atom is 0.143 e. The Morgan fingerprint density at radius 3 is 1.82 bits per heavy atom. The molecule has 0 atom stereocenters. The van der Waals surface area contributed by atoms with E-state index in [0.717, 1.165) is 61.3 Å². The molecule has 0 aliphatic rings. The topological polar surface area (TPSA) is 16.4 Å². The van der Waals surface area contributed by atoms with Crippen LogP contribution >= 0.6 is 0 Å². The molecule has 0 N–H and O–H groups in total. The Morgan fingerprint density at radius 2 is 1.11 bits per heavy atom. The zero-order valence-corrected chi connectivity index (χ0v) is 33.0. The summed E-state index contributed by atoms with van der Waals surface area (Å²) in [5.74, 6) is 0. The molecule has 57 heavy (non-hydrogen) atoms. The highest BCUT2D eigenvalue weighted by atomic mass is 16.3. The van der Waals surface area contributed by atoms with Crippen LogP contribution < -0.4 is 4.90 Å². The number of fused-ring (bicyclic) bond motifs is 5. The Labute approximate surface area is 335 Å². The van der Waals surface area contributed by atoms with E-state index in [0.29, 0.717) is 0 Å². The van der Waals surface area contributed by atoms with Crippen LogP contribution in [0.15, 0.2) is 205 Å². The second-order valence-corrected chi connectivity index (χ2v) is 15.9. The molecule has 0 unspecified atom stereocenters. The van der Waals surface area contributed by atoms with Crippen LogP contribution in [0.4, 0.5) is 11.4 Å². The lowest BCUT2D eigenvalue weighted by molar-refractivity contribution is 0.573. The van der Waals surface area contributed by atoms with E-state index in [1.807, 2.05) is 6.08 Å². The van der Waals surface area contributed by atoms with Gasteiger partial charge in [0.25, 0.3) is 0 Å². The number of para-hydroxylation sites is 2. The monoisotopic (exact) mass is 735 g/mol. The second-order valence-electron chi connectivity index (χ2n) is 15.9. The Bertz CT molecular complexity index is 3000. The van der Waals surface area contributed by atoms with E-state index in [-0.39, 0.29) is 5.41 Å². The van der Waals surface area contributed by atoms with E-state index in [1.54, 1.807) is 0 Å². The van der Waals surface area contributed by atoms with Gasteiger partial charge in [-0.25, -0.2) is 0 Å². The summed E-state index contributed by atoms with van der Waals surface area (Å²) in [7, 11) is 0. The van der Waals surface area contributed by atoms with Crippen molar-refractivity contribution in [2.75, 3.05) is 4.90 Å². The number of benzene rings is 8. The molecule has 2 nitrogen and oxygen atoms in total. The third-order valence-electron chi connectivity index (χ3n) is 11.2. The fraction of sp³-hybridized carbons (Fsp3) is 0.0909. The van der Waals surface area contributed by atoms with Gasteiger partial charge in [0.15, 0.2) is 0 Å². The van der Waals surface area contributed by atoms with Crippen LogP contribution in [0.2, 0.25) is 0 Å². The summed E-state index contributed by atoms with van der Waals surface area (Å²) in [5, 5.41) is 7.21. The molecule has 2 heteroatoms. The second kappa shape index (κ2) is 14.6. The highest BCUT2D eigenvalue weighted by Gasteiger charge is 2.22. The van der Waals surface area contributed by atoms with Crippen molar-refractivity contribution in [1.82, 2.24) is 0 Å². The first-order valence-corrected chi connectivity index (χ1v) is 19.7. The van der Waals surface area contributed by atoms with Gasteiger partial charge in [0.2, 0.25) is 0 Å². The fourth-order valence-corrected chi connectivity index (χ4v) is 8.19. The van der Waals surface area contributed by atoms with Gasteiger partial charge < -0.3 is 9.32 Å². The predicted molar refractivity (Wildman–Crippen MR) is 245 cm³/mol. The zero-order valence-electron chi connectivity index (χ0n) is 33.0. The zero-order chi connectivity index (χ0) is 39.1. The van der Waals surface area contributed by atoms with E-state index in [1.165, 1.54) is 38.2 Å². The van der Waals surface area contributed by atoms with E-state index in [9.17, 15) is 0 Å². The Kier molecular flexibility index (Phi) is 9.19. The van der Waals surface area contributed by atoms with Gasteiger partial charge in [0.1, 0.15) is 11.2 Å². The number of hydrogen-bond acceptors (Lipinski definition) is 2. The number of hydrogen-bond donors (Lipinski definition) is 0. The van der Waals surface area contributed by atoms with E-state index in [4.69, 9.17) is 4.42 Å². The van der Waals surface area contributed by atoms with E-state index >= 15 is 0 Å². The summed E-state index contributed by atoms with van der Waals surface area (Å²) in [6.45, 7) is 13.1. The van der Waals surface area contributed by atoms with Gasteiger partial charge in [-0.3, -0.25) is 0 Å². The molecule has 0 saturated heterocycles. The van der Waals surface area contributed by atoms with Crippen LogP contribution in [0, 0.1) is 0 Å². The lowest BCUT2D eigenvalue weighted by atomic mass is 9.86. The van der Waals surface area contributed by atoms with Crippen LogP contribution in [0.3, 0.4) is 0 Å². The van der Waals surface area contributed by atoms with Crippen LogP contribution in [-0.4, -0.2) is 0 Å². The molecule has 1 aromatic heterocycles. The minimum absolute atomic E-state index is 0.0335. The van der Waals surface area contributed by atoms with Crippen molar-refractivity contribution in [3.63, 3.8) is 0 Å². The maximum atomic E-state index is 6.75. The minimum atomic E-state index is -0.0335. The minimum Gasteiger partial charge on any atom is -0.455 e. The third kappa shape index (κ3) is 6.74. The molecule has 0 spiro atoms. The average Bonchev–Trinajstić information content (AvgIpc) is 3.63.